The normalized spacial score (nSPS) is 19.0. The van der Waals surface area contributed by atoms with Crippen LogP contribution in [0.25, 0.3) is 0 Å². The Morgan fingerprint density at radius 1 is 1.15 bits per heavy atom. The third-order valence-corrected chi connectivity index (χ3v) is 4.41. The Labute approximate surface area is 160 Å². The van der Waals surface area contributed by atoms with E-state index in [1.807, 2.05) is 30.3 Å². The summed E-state index contributed by atoms with van der Waals surface area (Å²) in [6, 6.07) is 9.80. The summed E-state index contributed by atoms with van der Waals surface area (Å²) in [5, 5.41) is 16.4. The second kappa shape index (κ2) is 10.3. The summed E-state index contributed by atoms with van der Waals surface area (Å²) >= 11 is 0. The number of hydrogen-bond acceptors (Lipinski definition) is 6. The molecule has 1 fully saturated rings. The molecule has 0 amide bonds. The average Bonchev–Trinajstić information content (AvgIpc) is 3.06. The van der Waals surface area contributed by atoms with E-state index in [1.165, 1.54) is 0 Å². The van der Waals surface area contributed by atoms with Gasteiger partial charge in [0.15, 0.2) is 11.5 Å². The highest BCUT2D eigenvalue weighted by molar-refractivity contribution is 5.85. The summed E-state index contributed by atoms with van der Waals surface area (Å²) in [5.74, 6) is 1.71. The molecule has 0 saturated carbocycles. The molecular weight excluding hydrogens is 354 g/mol. The maximum atomic E-state index is 9.81. The molecule has 0 aliphatic carbocycles. The molecule has 1 aromatic heterocycles. The van der Waals surface area contributed by atoms with E-state index in [1.54, 1.807) is 19.5 Å². The third kappa shape index (κ3) is 5.57. The largest absolute Gasteiger partial charge is 0.493 e. The summed E-state index contributed by atoms with van der Waals surface area (Å²) < 4.78 is 11.3. The second-order valence-corrected chi connectivity index (χ2v) is 6.25. The van der Waals surface area contributed by atoms with Gasteiger partial charge in [0.25, 0.3) is 0 Å². The first-order valence-electron chi connectivity index (χ1n) is 8.54. The van der Waals surface area contributed by atoms with Crippen molar-refractivity contribution in [1.82, 2.24) is 15.6 Å². The van der Waals surface area contributed by atoms with Gasteiger partial charge in [-0.3, -0.25) is 4.98 Å². The number of hydrogen-bond donors (Lipinski definition) is 3. The molecule has 7 heteroatoms. The Balaban J connectivity index is 0.00000243. The number of nitrogens with zero attached hydrogens (tertiary/aromatic N) is 1. The Bertz CT molecular complexity index is 672. The molecule has 0 bridgehead atoms. The second-order valence-electron chi connectivity index (χ2n) is 6.25. The van der Waals surface area contributed by atoms with E-state index in [2.05, 4.69) is 15.6 Å². The molecule has 2 unspecified atom stereocenters. The van der Waals surface area contributed by atoms with Crippen LogP contribution in [-0.4, -0.2) is 42.9 Å². The van der Waals surface area contributed by atoms with Crippen molar-refractivity contribution < 1.29 is 14.6 Å². The summed E-state index contributed by atoms with van der Waals surface area (Å²) in [5.41, 5.74) is 2.18. The van der Waals surface area contributed by atoms with Crippen molar-refractivity contribution in [2.75, 3.05) is 26.7 Å². The highest BCUT2D eigenvalue weighted by Gasteiger charge is 2.24. The number of aliphatic hydroxyl groups excluding tert-OH is 1. The van der Waals surface area contributed by atoms with Crippen LogP contribution in [0.2, 0.25) is 0 Å². The van der Waals surface area contributed by atoms with E-state index in [9.17, 15) is 5.11 Å². The van der Waals surface area contributed by atoms with Gasteiger partial charge in [0.05, 0.1) is 13.2 Å². The number of aliphatic hydroxyl groups is 1. The van der Waals surface area contributed by atoms with Gasteiger partial charge in [0.1, 0.15) is 6.61 Å². The zero-order valence-electron chi connectivity index (χ0n) is 14.9. The van der Waals surface area contributed by atoms with Crippen molar-refractivity contribution in [3.8, 4) is 11.5 Å². The van der Waals surface area contributed by atoms with Gasteiger partial charge in [0, 0.05) is 44.5 Å². The van der Waals surface area contributed by atoms with Crippen LogP contribution >= 0.6 is 12.4 Å². The lowest BCUT2D eigenvalue weighted by Gasteiger charge is -2.15. The minimum atomic E-state index is -0.258. The van der Waals surface area contributed by atoms with E-state index in [-0.39, 0.29) is 24.4 Å². The fourth-order valence-electron chi connectivity index (χ4n) is 2.91. The summed E-state index contributed by atoms with van der Waals surface area (Å²) in [4.78, 5) is 4.00. The molecule has 2 atom stereocenters. The van der Waals surface area contributed by atoms with Crippen LogP contribution in [0.3, 0.4) is 0 Å². The van der Waals surface area contributed by atoms with Crippen LogP contribution in [0.4, 0.5) is 0 Å². The first-order chi connectivity index (χ1) is 12.3. The maximum absolute atomic E-state index is 9.81. The molecule has 0 spiro atoms. The van der Waals surface area contributed by atoms with E-state index >= 15 is 0 Å². The smallest absolute Gasteiger partial charge is 0.161 e. The van der Waals surface area contributed by atoms with Crippen LogP contribution in [0.15, 0.2) is 42.7 Å². The van der Waals surface area contributed by atoms with E-state index in [0.717, 1.165) is 42.3 Å². The van der Waals surface area contributed by atoms with E-state index in [0.29, 0.717) is 13.2 Å². The average molecular weight is 380 g/mol. The molecule has 6 nitrogen and oxygen atoms in total. The SMILES string of the molecule is COc1cc(CNCC2CNCC2O)ccc1OCc1ccncc1.Cl. The lowest BCUT2D eigenvalue weighted by molar-refractivity contribution is 0.146. The minimum Gasteiger partial charge on any atom is -0.493 e. The Hall–Kier alpha value is -1.86. The Kier molecular flexibility index (Phi) is 8.12. The van der Waals surface area contributed by atoms with Crippen LogP contribution in [0, 0.1) is 5.92 Å². The van der Waals surface area contributed by atoms with E-state index in [4.69, 9.17) is 9.47 Å². The quantitative estimate of drug-likeness (QED) is 0.649. The number of benzene rings is 1. The first-order valence-corrected chi connectivity index (χ1v) is 8.54. The highest BCUT2D eigenvalue weighted by Crippen LogP contribution is 2.28. The number of methoxy groups -OCH3 is 1. The van der Waals surface area contributed by atoms with Gasteiger partial charge in [-0.05, 0) is 35.4 Å². The zero-order valence-corrected chi connectivity index (χ0v) is 15.7. The standard InChI is InChI=1S/C19H25N3O3.ClH/c1-24-19-8-15(9-21-10-16-11-22-12-17(16)23)2-3-18(19)25-13-14-4-6-20-7-5-14;/h2-8,16-17,21-23H,9-13H2,1H3;1H. The molecule has 2 aromatic rings. The number of β-amino-alcohol motifs (C(OH)–C–C–N with tert-alkyl or cyclic N) is 1. The highest BCUT2D eigenvalue weighted by atomic mass is 35.5. The molecule has 2 heterocycles. The fraction of sp³-hybridized carbons (Fsp3) is 0.421. The molecule has 0 radical (unpaired) electrons. The minimum absolute atomic E-state index is 0. The topological polar surface area (TPSA) is 75.6 Å². The number of halogens is 1. The van der Waals surface area contributed by atoms with Crippen LogP contribution in [0.5, 0.6) is 11.5 Å². The number of nitrogens with one attached hydrogen (secondary N) is 2. The lowest BCUT2D eigenvalue weighted by Crippen LogP contribution is -2.30. The maximum Gasteiger partial charge on any atom is 0.161 e. The van der Waals surface area contributed by atoms with Gasteiger partial charge in [-0.25, -0.2) is 0 Å². The van der Waals surface area contributed by atoms with Gasteiger partial charge < -0.3 is 25.2 Å². The lowest BCUT2D eigenvalue weighted by atomic mass is 10.1. The molecular formula is C19H26ClN3O3. The Morgan fingerprint density at radius 3 is 2.65 bits per heavy atom. The van der Waals surface area contributed by atoms with Crippen LogP contribution in [-0.2, 0) is 13.2 Å². The van der Waals surface area contributed by atoms with E-state index < -0.39 is 0 Å². The van der Waals surface area contributed by atoms with Crippen molar-refractivity contribution in [2.45, 2.75) is 19.3 Å². The van der Waals surface area contributed by atoms with Gasteiger partial charge in [-0.2, -0.15) is 0 Å². The molecule has 26 heavy (non-hydrogen) atoms. The number of aromatic nitrogens is 1. The van der Waals surface area contributed by atoms with Crippen molar-refractivity contribution >= 4 is 12.4 Å². The number of pyridine rings is 1. The number of ether oxygens (including phenoxy) is 2. The first kappa shape index (κ1) is 20.5. The van der Waals surface area contributed by atoms with Gasteiger partial charge in [-0.15, -0.1) is 12.4 Å². The molecule has 1 saturated heterocycles. The van der Waals surface area contributed by atoms with Crippen LogP contribution in [0.1, 0.15) is 11.1 Å². The van der Waals surface area contributed by atoms with Crippen molar-refractivity contribution in [3.63, 3.8) is 0 Å². The number of rotatable bonds is 8. The monoisotopic (exact) mass is 379 g/mol. The third-order valence-electron chi connectivity index (χ3n) is 4.41. The van der Waals surface area contributed by atoms with Crippen molar-refractivity contribution in [3.05, 3.63) is 53.9 Å². The molecule has 142 valence electrons. The van der Waals surface area contributed by atoms with Gasteiger partial charge >= 0.3 is 0 Å². The summed E-state index contributed by atoms with van der Waals surface area (Å²) in [6.45, 7) is 3.53. The summed E-state index contributed by atoms with van der Waals surface area (Å²) in [7, 11) is 1.65. The van der Waals surface area contributed by atoms with Crippen molar-refractivity contribution in [2.24, 2.45) is 5.92 Å². The molecule has 1 aromatic carbocycles. The zero-order chi connectivity index (χ0) is 17.5. The molecule has 3 N–H and O–H groups in total. The predicted octanol–water partition coefficient (Wildman–Crippen LogP) is 1.76. The van der Waals surface area contributed by atoms with Crippen molar-refractivity contribution in [1.29, 1.82) is 0 Å². The molecule has 3 rings (SSSR count). The Morgan fingerprint density at radius 2 is 1.96 bits per heavy atom. The van der Waals surface area contributed by atoms with Gasteiger partial charge in [0.2, 0.25) is 0 Å². The molecule has 1 aliphatic rings. The molecule has 1 aliphatic heterocycles. The summed E-state index contributed by atoms with van der Waals surface area (Å²) in [6.07, 6.45) is 3.24. The van der Waals surface area contributed by atoms with Crippen LogP contribution < -0.4 is 20.1 Å². The fourth-order valence-corrected chi connectivity index (χ4v) is 2.91. The van der Waals surface area contributed by atoms with Gasteiger partial charge in [-0.1, -0.05) is 6.07 Å². The predicted molar refractivity (Wildman–Crippen MR) is 103 cm³/mol.